The molecule has 82 valence electrons. The van der Waals surface area contributed by atoms with Crippen molar-refractivity contribution in [1.82, 2.24) is 0 Å². The van der Waals surface area contributed by atoms with Gasteiger partial charge in [0.1, 0.15) is 0 Å². The lowest BCUT2D eigenvalue weighted by Crippen LogP contribution is -2.31. The molecule has 0 aromatic rings. The first kappa shape index (κ1) is 11.5. The predicted octanol–water partition coefficient (Wildman–Crippen LogP) is 2.44. The van der Waals surface area contributed by atoms with Crippen LogP contribution < -0.4 is 0 Å². The maximum Gasteiger partial charge on any atom is 0.332 e. The van der Waals surface area contributed by atoms with Gasteiger partial charge in [-0.05, 0) is 25.2 Å². The first-order chi connectivity index (χ1) is 6.63. The summed E-state index contributed by atoms with van der Waals surface area (Å²) in [5, 5.41) is 8.84. The van der Waals surface area contributed by atoms with Gasteiger partial charge in [-0.15, -0.1) is 0 Å². The molecule has 3 heteroatoms. The van der Waals surface area contributed by atoms with Gasteiger partial charge >= 0.3 is 5.97 Å². The van der Waals surface area contributed by atoms with E-state index >= 15 is 0 Å². The molecule has 1 saturated carbocycles. The Bertz CT molecular complexity index is 191. The normalized spacial score (nSPS) is 29.9. The van der Waals surface area contributed by atoms with Crippen LogP contribution in [0, 0.1) is 5.92 Å². The lowest BCUT2D eigenvalue weighted by atomic mass is 9.88. The van der Waals surface area contributed by atoms with Crippen molar-refractivity contribution in [2.45, 2.75) is 58.2 Å². The van der Waals surface area contributed by atoms with Gasteiger partial charge in [-0.1, -0.05) is 26.7 Å². The van der Waals surface area contributed by atoms with Crippen LogP contribution in [0.15, 0.2) is 0 Å². The second-order valence-corrected chi connectivity index (χ2v) is 4.26. The highest BCUT2D eigenvalue weighted by Gasteiger charge is 2.25. The van der Waals surface area contributed by atoms with Crippen LogP contribution in [0.25, 0.3) is 0 Å². The van der Waals surface area contributed by atoms with Crippen molar-refractivity contribution in [2.75, 3.05) is 0 Å². The van der Waals surface area contributed by atoms with Crippen LogP contribution in [0.1, 0.15) is 46.0 Å². The van der Waals surface area contributed by atoms with E-state index in [1.165, 1.54) is 12.8 Å². The first-order valence-electron chi connectivity index (χ1n) is 5.51. The summed E-state index contributed by atoms with van der Waals surface area (Å²) in [6.45, 7) is 4.06. The summed E-state index contributed by atoms with van der Waals surface area (Å²) in [6, 6.07) is 0. The van der Waals surface area contributed by atoms with E-state index in [-0.39, 0.29) is 6.10 Å². The van der Waals surface area contributed by atoms with E-state index in [9.17, 15) is 4.79 Å². The fraction of sp³-hybridized carbons (Fsp3) is 0.909. The van der Waals surface area contributed by atoms with Crippen molar-refractivity contribution in [1.29, 1.82) is 0 Å². The Labute approximate surface area is 85.5 Å². The Balaban J connectivity index is 2.37. The smallest absolute Gasteiger partial charge is 0.332 e. The summed E-state index contributed by atoms with van der Waals surface area (Å²) in [6.07, 6.45) is 4.58. The number of ether oxygens (including phenoxy) is 1. The molecule has 3 atom stereocenters. The minimum atomic E-state index is -0.828. The first-order valence-corrected chi connectivity index (χ1v) is 5.51. The molecule has 3 nitrogen and oxygen atoms in total. The van der Waals surface area contributed by atoms with E-state index in [0.29, 0.717) is 12.3 Å². The quantitative estimate of drug-likeness (QED) is 0.758. The number of aliphatic carboxylic acids is 1. The molecule has 0 spiro atoms. The molecule has 1 aliphatic carbocycles. The van der Waals surface area contributed by atoms with Crippen molar-refractivity contribution >= 4 is 5.97 Å². The molecule has 0 aliphatic heterocycles. The lowest BCUT2D eigenvalue weighted by Gasteiger charge is -2.28. The Morgan fingerprint density at radius 2 is 2.29 bits per heavy atom. The number of carboxylic acids is 1. The van der Waals surface area contributed by atoms with Gasteiger partial charge in [0.25, 0.3) is 0 Å². The van der Waals surface area contributed by atoms with Crippen LogP contribution in [0.2, 0.25) is 0 Å². The Morgan fingerprint density at radius 1 is 1.57 bits per heavy atom. The van der Waals surface area contributed by atoms with Gasteiger partial charge in [0.05, 0.1) is 6.10 Å². The number of rotatable bonds is 4. The Kier molecular flexibility index (Phi) is 4.39. The zero-order valence-corrected chi connectivity index (χ0v) is 9.03. The van der Waals surface area contributed by atoms with Crippen LogP contribution >= 0.6 is 0 Å². The van der Waals surface area contributed by atoms with Gasteiger partial charge in [0.15, 0.2) is 6.10 Å². The van der Waals surface area contributed by atoms with Gasteiger partial charge in [0.2, 0.25) is 0 Å². The predicted molar refractivity (Wildman–Crippen MR) is 54.2 cm³/mol. The van der Waals surface area contributed by atoms with E-state index in [4.69, 9.17) is 9.84 Å². The molecular formula is C11H20O3. The minimum Gasteiger partial charge on any atom is -0.479 e. The molecule has 1 rings (SSSR count). The molecule has 0 aromatic carbocycles. The highest BCUT2D eigenvalue weighted by atomic mass is 16.5. The van der Waals surface area contributed by atoms with Crippen molar-refractivity contribution < 1.29 is 14.6 Å². The molecule has 1 N–H and O–H groups in total. The highest BCUT2D eigenvalue weighted by Crippen LogP contribution is 2.26. The fourth-order valence-electron chi connectivity index (χ4n) is 2.06. The average Bonchev–Trinajstić information content (AvgIpc) is 2.14. The van der Waals surface area contributed by atoms with Crippen molar-refractivity contribution in [2.24, 2.45) is 5.92 Å². The Hall–Kier alpha value is -0.570. The molecule has 0 saturated heterocycles. The SMILES string of the molecule is CC[C@@H](O[C@H]1CCC[C@@H](C)C1)C(=O)O. The lowest BCUT2D eigenvalue weighted by molar-refractivity contribution is -0.156. The van der Waals surface area contributed by atoms with Gasteiger partial charge in [-0.25, -0.2) is 4.79 Å². The summed E-state index contributed by atoms with van der Waals surface area (Å²) in [5.41, 5.74) is 0. The molecule has 0 aromatic heterocycles. The van der Waals surface area contributed by atoms with Crippen LogP contribution in [0.3, 0.4) is 0 Å². The zero-order chi connectivity index (χ0) is 10.6. The number of hydrogen-bond donors (Lipinski definition) is 1. The molecule has 1 aliphatic rings. The summed E-state index contributed by atoms with van der Waals surface area (Å²) >= 11 is 0. The van der Waals surface area contributed by atoms with E-state index in [1.54, 1.807) is 0 Å². The van der Waals surface area contributed by atoms with Gasteiger partial charge in [0, 0.05) is 0 Å². The largest absolute Gasteiger partial charge is 0.479 e. The fourth-order valence-corrected chi connectivity index (χ4v) is 2.06. The molecular weight excluding hydrogens is 180 g/mol. The molecule has 14 heavy (non-hydrogen) atoms. The molecule has 0 radical (unpaired) electrons. The maximum atomic E-state index is 10.8. The minimum absolute atomic E-state index is 0.166. The number of hydrogen-bond acceptors (Lipinski definition) is 2. The van der Waals surface area contributed by atoms with Crippen LogP contribution in [-0.4, -0.2) is 23.3 Å². The monoisotopic (exact) mass is 200 g/mol. The summed E-state index contributed by atoms with van der Waals surface area (Å²) in [4.78, 5) is 10.8. The zero-order valence-electron chi connectivity index (χ0n) is 9.03. The third-order valence-corrected chi connectivity index (χ3v) is 2.89. The maximum absolute atomic E-state index is 10.8. The van der Waals surface area contributed by atoms with Crippen LogP contribution in [0.5, 0.6) is 0 Å². The molecule has 0 bridgehead atoms. The third-order valence-electron chi connectivity index (χ3n) is 2.89. The van der Waals surface area contributed by atoms with Crippen LogP contribution in [-0.2, 0) is 9.53 Å². The van der Waals surface area contributed by atoms with Crippen molar-refractivity contribution in [3.8, 4) is 0 Å². The second kappa shape index (κ2) is 5.35. The number of carboxylic acid groups (broad SMARTS) is 1. The van der Waals surface area contributed by atoms with Gasteiger partial charge in [-0.2, -0.15) is 0 Å². The van der Waals surface area contributed by atoms with E-state index < -0.39 is 12.1 Å². The average molecular weight is 200 g/mol. The molecule has 0 heterocycles. The summed E-state index contributed by atoms with van der Waals surface area (Å²) in [5.74, 6) is -0.147. The van der Waals surface area contributed by atoms with Gasteiger partial charge < -0.3 is 9.84 Å². The third kappa shape index (κ3) is 3.29. The summed E-state index contributed by atoms with van der Waals surface area (Å²) in [7, 11) is 0. The van der Waals surface area contributed by atoms with E-state index in [2.05, 4.69) is 6.92 Å². The molecule has 1 fully saturated rings. The standard InChI is InChI=1S/C11H20O3/c1-3-10(11(12)13)14-9-6-4-5-8(2)7-9/h8-10H,3-7H2,1-2H3,(H,12,13)/t8-,9+,10-/m1/s1. The summed E-state index contributed by atoms with van der Waals surface area (Å²) < 4.78 is 5.57. The van der Waals surface area contributed by atoms with Crippen molar-refractivity contribution in [3.63, 3.8) is 0 Å². The Morgan fingerprint density at radius 3 is 2.79 bits per heavy atom. The van der Waals surface area contributed by atoms with Crippen molar-refractivity contribution in [3.05, 3.63) is 0 Å². The number of carbonyl (C=O) groups is 1. The van der Waals surface area contributed by atoms with E-state index in [0.717, 1.165) is 12.8 Å². The van der Waals surface area contributed by atoms with E-state index in [1.807, 2.05) is 6.92 Å². The molecule has 0 unspecified atom stereocenters. The second-order valence-electron chi connectivity index (χ2n) is 4.26. The van der Waals surface area contributed by atoms with Crippen LogP contribution in [0.4, 0.5) is 0 Å². The highest BCUT2D eigenvalue weighted by molar-refractivity contribution is 5.72. The topological polar surface area (TPSA) is 46.5 Å². The van der Waals surface area contributed by atoms with Gasteiger partial charge in [-0.3, -0.25) is 0 Å². The molecule has 0 amide bonds.